The minimum absolute atomic E-state index is 0.0594. The van der Waals surface area contributed by atoms with Gasteiger partial charge in [-0.05, 0) is 38.4 Å². The van der Waals surface area contributed by atoms with Gasteiger partial charge in [0.05, 0.1) is 47.2 Å². The number of carbonyl (C=O) groups excluding carboxylic acids is 1. The number of amides is 1. The van der Waals surface area contributed by atoms with Gasteiger partial charge in [-0.25, -0.2) is 4.98 Å². The van der Waals surface area contributed by atoms with E-state index in [2.05, 4.69) is 30.6 Å². The number of hydrogen-bond donors (Lipinski definition) is 2. The fourth-order valence-corrected chi connectivity index (χ4v) is 3.83. The average Bonchev–Trinajstić information content (AvgIpc) is 3.22. The highest BCUT2D eigenvalue weighted by atomic mass is 16.2. The van der Waals surface area contributed by atoms with E-state index in [4.69, 9.17) is 0 Å². The molecule has 3 aromatic heterocycles. The van der Waals surface area contributed by atoms with Gasteiger partial charge in [0.15, 0.2) is 0 Å². The Morgan fingerprint density at radius 2 is 1.85 bits per heavy atom. The molecule has 2 N–H and O–H groups in total. The maximum absolute atomic E-state index is 12.6. The summed E-state index contributed by atoms with van der Waals surface area (Å²) >= 11 is 0. The van der Waals surface area contributed by atoms with E-state index >= 15 is 0 Å². The molecule has 9 nitrogen and oxygen atoms in total. The van der Waals surface area contributed by atoms with Gasteiger partial charge in [0.1, 0.15) is 5.82 Å². The Hall–Kier alpha value is -4.11. The van der Waals surface area contributed by atoms with Crippen LogP contribution in [0.2, 0.25) is 0 Å². The number of likely N-dealkylation sites (N-methyl/N-ethyl adjacent to an activating group) is 1. The van der Waals surface area contributed by atoms with Crippen molar-refractivity contribution >= 4 is 45.6 Å². The second-order valence-corrected chi connectivity index (χ2v) is 8.16. The Labute approximate surface area is 191 Å². The summed E-state index contributed by atoms with van der Waals surface area (Å²) in [4.78, 5) is 34.1. The van der Waals surface area contributed by atoms with Crippen LogP contribution in [0.5, 0.6) is 0 Å². The van der Waals surface area contributed by atoms with Gasteiger partial charge in [0, 0.05) is 24.5 Å². The Morgan fingerprint density at radius 1 is 1.03 bits per heavy atom. The molecule has 0 radical (unpaired) electrons. The fraction of sp³-hybridized carbons (Fsp3) is 0.208. The van der Waals surface area contributed by atoms with Crippen molar-refractivity contribution in [2.45, 2.75) is 6.42 Å². The first-order chi connectivity index (χ1) is 16.0. The maximum Gasteiger partial charge on any atom is 0.241 e. The van der Waals surface area contributed by atoms with Crippen LogP contribution in [0, 0.1) is 0 Å². The third kappa shape index (κ3) is 4.58. The molecule has 9 heteroatoms. The molecule has 1 aliphatic heterocycles. The summed E-state index contributed by atoms with van der Waals surface area (Å²) in [5.74, 6) is 1.13. The number of rotatable bonds is 6. The fourth-order valence-electron chi connectivity index (χ4n) is 3.83. The molecule has 4 heterocycles. The van der Waals surface area contributed by atoms with Gasteiger partial charge >= 0.3 is 0 Å². The highest BCUT2D eigenvalue weighted by molar-refractivity contribution is 5.97. The molecule has 0 bridgehead atoms. The molecule has 0 fully saturated rings. The van der Waals surface area contributed by atoms with Gasteiger partial charge in [-0.2, -0.15) is 4.98 Å². The van der Waals surface area contributed by atoms with Crippen LogP contribution in [0.4, 0.5) is 28.8 Å². The summed E-state index contributed by atoms with van der Waals surface area (Å²) in [7, 11) is 3.77. The van der Waals surface area contributed by atoms with Crippen molar-refractivity contribution in [1.29, 1.82) is 0 Å². The number of para-hydroxylation sites is 1. The Bertz CT molecular complexity index is 1320. The van der Waals surface area contributed by atoms with Crippen LogP contribution in [-0.4, -0.2) is 57.9 Å². The van der Waals surface area contributed by atoms with Crippen LogP contribution in [0.1, 0.15) is 5.69 Å². The molecular weight excluding hydrogens is 416 g/mol. The molecule has 0 saturated heterocycles. The first-order valence-corrected chi connectivity index (χ1v) is 10.7. The molecule has 0 atom stereocenters. The van der Waals surface area contributed by atoms with Crippen LogP contribution in [0.15, 0.2) is 61.1 Å². The molecule has 1 aliphatic rings. The number of anilines is 5. The van der Waals surface area contributed by atoms with E-state index in [0.29, 0.717) is 24.9 Å². The number of aromatic nitrogens is 4. The van der Waals surface area contributed by atoms with Crippen molar-refractivity contribution in [2.24, 2.45) is 0 Å². The highest BCUT2D eigenvalue weighted by Crippen LogP contribution is 2.30. The summed E-state index contributed by atoms with van der Waals surface area (Å²) in [6, 6.07) is 13.7. The highest BCUT2D eigenvalue weighted by Gasteiger charge is 2.26. The van der Waals surface area contributed by atoms with E-state index in [1.54, 1.807) is 29.6 Å². The van der Waals surface area contributed by atoms with E-state index in [1.807, 2.05) is 55.4 Å². The van der Waals surface area contributed by atoms with Crippen molar-refractivity contribution in [3.05, 3.63) is 66.7 Å². The lowest BCUT2D eigenvalue weighted by Crippen LogP contribution is -2.36. The first kappa shape index (κ1) is 20.8. The van der Waals surface area contributed by atoms with Crippen LogP contribution >= 0.6 is 0 Å². The van der Waals surface area contributed by atoms with E-state index in [1.165, 1.54) is 0 Å². The zero-order valence-corrected chi connectivity index (χ0v) is 18.5. The van der Waals surface area contributed by atoms with Crippen molar-refractivity contribution in [1.82, 2.24) is 24.8 Å². The number of carbonyl (C=O) groups is 1. The second-order valence-electron chi connectivity index (χ2n) is 8.16. The van der Waals surface area contributed by atoms with Gasteiger partial charge in [-0.3, -0.25) is 14.8 Å². The van der Waals surface area contributed by atoms with Gasteiger partial charge in [0.2, 0.25) is 11.9 Å². The van der Waals surface area contributed by atoms with Crippen molar-refractivity contribution < 1.29 is 4.79 Å². The van der Waals surface area contributed by atoms with E-state index in [9.17, 15) is 4.79 Å². The van der Waals surface area contributed by atoms with Gasteiger partial charge in [-0.15, -0.1) is 0 Å². The number of pyridine rings is 2. The second kappa shape index (κ2) is 8.79. The topological polar surface area (TPSA) is 99.2 Å². The summed E-state index contributed by atoms with van der Waals surface area (Å²) in [5, 5.41) is 7.53. The summed E-state index contributed by atoms with van der Waals surface area (Å²) in [6.45, 7) is 1.01. The predicted octanol–water partition coefficient (Wildman–Crippen LogP) is 3.36. The van der Waals surface area contributed by atoms with Crippen LogP contribution < -0.4 is 15.5 Å². The summed E-state index contributed by atoms with van der Waals surface area (Å²) in [5.41, 5.74) is 4.27. The van der Waals surface area contributed by atoms with Crippen molar-refractivity contribution in [3.8, 4) is 0 Å². The number of benzene rings is 1. The Kier molecular flexibility index (Phi) is 5.54. The Balaban J connectivity index is 1.33. The number of hydrogen-bond acceptors (Lipinski definition) is 8. The molecule has 33 heavy (non-hydrogen) atoms. The standard InChI is InChI=1S/C24H24N8O/c1-31(2)15-23(33)32-10-8-20-21(32)12-18(14-27-20)29-24-25-9-7-22(30-24)28-17-11-16-5-3-4-6-19(16)26-13-17/h3-7,9,11-14H,8,10,15H2,1-2H3,(H2,25,28,29,30). The molecule has 1 amide bonds. The molecule has 0 saturated carbocycles. The number of nitrogens with one attached hydrogen (secondary N) is 2. The lowest BCUT2D eigenvalue weighted by Gasteiger charge is -2.20. The summed E-state index contributed by atoms with van der Waals surface area (Å²) < 4.78 is 0. The van der Waals surface area contributed by atoms with E-state index in [-0.39, 0.29) is 5.91 Å². The molecule has 0 spiro atoms. The lowest BCUT2D eigenvalue weighted by atomic mass is 10.2. The lowest BCUT2D eigenvalue weighted by molar-refractivity contribution is -0.119. The monoisotopic (exact) mass is 440 g/mol. The minimum Gasteiger partial charge on any atom is -0.339 e. The number of nitrogens with zero attached hydrogens (tertiary/aromatic N) is 6. The van der Waals surface area contributed by atoms with Crippen molar-refractivity contribution in [2.75, 3.05) is 42.7 Å². The average molecular weight is 441 g/mol. The smallest absolute Gasteiger partial charge is 0.241 e. The third-order valence-electron chi connectivity index (χ3n) is 5.34. The molecule has 166 valence electrons. The largest absolute Gasteiger partial charge is 0.339 e. The van der Waals surface area contributed by atoms with E-state index < -0.39 is 0 Å². The first-order valence-electron chi connectivity index (χ1n) is 10.7. The van der Waals surface area contributed by atoms with Gasteiger partial charge < -0.3 is 20.4 Å². The molecular formula is C24H24N8O. The zero-order chi connectivity index (χ0) is 22.8. The van der Waals surface area contributed by atoms with E-state index in [0.717, 1.165) is 40.1 Å². The quantitative estimate of drug-likeness (QED) is 0.471. The minimum atomic E-state index is 0.0594. The number of fused-ring (bicyclic) bond motifs is 2. The normalized spacial score (nSPS) is 12.8. The zero-order valence-electron chi connectivity index (χ0n) is 18.5. The van der Waals surface area contributed by atoms with Gasteiger partial charge in [0.25, 0.3) is 0 Å². The van der Waals surface area contributed by atoms with Crippen LogP contribution in [0.3, 0.4) is 0 Å². The SMILES string of the molecule is CN(C)CC(=O)N1CCc2ncc(Nc3nccc(Nc4cnc5ccccc5c4)n3)cc21. The third-order valence-corrected chi connectivity index (χ3v) is 5.34. The summed E-state index contributed by atoms with van der Waals surface area (Å²) in [6.07, 6.45) is 5.96. The van der Waals surface area contributed by atoms with Crippen molar-refractivity contribution in [3.63, 3.8) is 0 Å². The molecule has 4 aromatic rings. The molecule has 1 aromatic carbocycles. The maximum atomic E-state index is 12.6. The van der Waals surface area contributed by atoms with Gasteiger partial charge in [-0.1, -0.05) is 18.2 Å². The molecule has 0 aliphatic carbocycles. The molecule has 0 unspecified atom stereocenters. The van der Waals surface area contributed by atoms with Crippen LogP contribution in [0.25, 0.3) is 10.9 Å². The van der Waals surface area contributed by atoms with Crippen LogP contribution in [-0.2, 0) is 11.2 Å². The predicted molar refractivity (Wildman–Crippen MR) is 129 cm³/mol. The Morgan fingerprint density at radius 3 is 2.73 bits per heavy atom. The molecule has 5 rings (SSSR count).